The Morgan fingerprint density at radius 1 is 1.35 bits per heavy atom. The number of carbonyl (C=O) groups excluding carboxylic acids is 1. The molecule has 0 atom stereocenters. The van der Waals surface area contributed by atoms with Crippen LogP contribution in [0.3, 0.4) is 0 Å². The lowest BCUT2D eigenvalue weighted by Crippen LogP contribution is -2.12. The fraction of sp³-hybridized carbons (Fsp3) is 0. The van der Waals surface area contributed by atoms with Gasteiger partial charge in [0.15, 0.2) is 0 Å². The van der Waals surface area contributed by atoms with Gasteiger partial charge in [-0.1, -0.05) is 0 Å². The van der Waals surface area contributed by atoms with Crippen LogP contribution in [0.4, 0.5) is 11.4 Å². The highest BCUT2D eigenvalue weighted by Crippen LogP contribution is 2.15. The van der Waals surface area contributed by atoms with E-state index >= 15 is 0 Å². The Hall–Kier alpha value is -2.70. The van der Waals surface area contributed by atoms with Gasteiger partial charge in [-0.15, -0.1) is 0 Å². The summed E-state index contributed by atoms with van der Waals surface area (Å²) in [4.78, 5) is 21.1. The molecule has 1 heterocycles. The smallest absolute Gasteiger partial charge is 0.274 e. The number of nitro benzene ring substituents is 1. The van der Waals surface area contributed by atoms with E-state index in [0.29, 0.717) is 11.3 Å². The molecular formula is C10H8N4O3. The summed E-state index contributed by atoms with van der Waals surface area (Å²) in [5.41, 5.74) is 3.32. The highest BCUT2D eigenvalue weighted by Gasteiger charge is 2.11. The molecule has 0 unspecified atom stereocenters. The molecule has 7 heteroatoms. The van der Waals surface area contributed by atoms with Crippen LogP contribution in [-0.4, -0.2) is 17.0 Å². The summed E-state index contributed by atoms with van der Waals surface area (Å²) in [5, 5.41) is 16.8. The molecule has 7 nitrogen and oxygen atoms in total. The minimum atomic E-state index is -0.473. The molecule has 1 aliphatic rings. The highest BCUT2D eigenvalue weighted by atomic mass is 16.6. The quantitative estimate of drug-likeness (QED) is 0.461. The fourth-order valence-electron chi connectivity index (χ4n) is 1.23. The maximum atomic E-state index is 11.1. The minimum Gasteiger partial charge on any atom is -0.361 e. The van der Waals surface area contributed by atoms with Gasteiger partial charge in [0.05, 0.1) is 16.7 Å². The molecule has 0 bridgehead atoms. The van der Waals surface area contributed by atoms with E-state index in [9.17, 15) is 14.9 Å². The molecule has 1 aliphatic heterocycles. The van der Waals surface area contributed by atoms with Gasteiger partial charge in [-0.2, -0.15) is 5.10 Å². The van der Waals surface area contributed by atoms with Gasteiger partial charge in [0.2, 0.25) is 0 Å². The Labute approximate surface area is 96.0 Å². The molecule has 86 valence electrons. The van der Waals surface area contributed by atoms with Gasteiger partial charge in [-0.05, 0) is 12.1 Å². The standard InChI is InChI=1S/C10H8N4O3/c15-10-7(6-12-13-10)5-11-8-1-3-9(4-2-8)14(16)17/h1-6,11H,(H,13,15). The lowest BCUT2D eigenvalue weighted by Gasteiger charge is -2.00. The van der Waals surface area contributed by atoms with Crippen LogP contribution in [0.25, 0.3) is 0 Å². The number of nitro groups is 1. The first-order valence-corrected chi connectivity index (χ1v) is 4.71. The van der Waals surface area contributed by atoms with Crippen LogP contribution in [0.2, 0.25) is 0 Å². The molecule has 0 saturated carbocycles. The molecule has 2 N–H and O–H groups in total. The third-order valence-electron chi connectivity index (χ3n) is 2.10. The monoisotopic (exact) mass is 232 g/mol. The van der Waals surface area contributed by atoms with Crippen LogP contribution < -0.4 is 10.7 Å². The summed E-state index contributed by atoms with van der Waals surface area (Å²) in [7, 11) is 0. The van der Waals surface area contributed by atoms with Gasteiger partial charge in [0, 0.05) is 24.0 Å². The average molecular weight is 232 g/mol. The van der Waals surface area contributed by atoms with E-state index in [1.54, 1.807) is 12.1 Å². The second-order valence-corrected chi connectivity index (χ2v) is 3.25. The van der Waals surface area contributed by atoms with E-state index in [2.05, 4.69) is 15.8 Å². The minimum absolute atomic E-state index is 0.0170. The SMILES string of the molecule is O=C1NN=CC1=CNc1ccc([N+](=O)[O-])cc1. The molecule has 17 heavy (non-hydrogen) atoms. The average Bonchev–Trinajstić information content (AvgIpc) is 2.73. The van der Waals surface area contributed by atoms with Crippen molar-refractivity contribution in [2.24, 2.45) is 5.10 Å². The normalized spacial score (nSPS) is 16.0. The number of carbonyl (C=O) groups is 1. The highest BCUT2D eigenvalue weighted by molar-refractivity contribution is 6.15. The van der Waals surface area contributed by atoms with E-state index in [1.807, 2.05) is 0 Å². The summed E-state index contributed by atoms with van der Waals surface area (Å²) in [6.45, 7) is 0. The van der Waals surface area contributed by atoms with Crippen molar-refractivity contribution in [3.8, 4) is 0 Å². The molecule has 1 amide bonds. The van der Waals surface area contributed by atoms with E-state index in [1.165, 1.54) is 24.5 Å². The van der Waals surface area contributed by atoms with Gasteiger partial charge in [0.1, 0.15) is 0 Å². The van der Waals surface area contributed by atoms with Gasteiger partial charge in [-0.25, -0.2) is 5.43 Å². The maximum Gasteiger partial charge on any atom is 0.274 e. The summed E-state index contributed by atoms with van der Waals surface area (Å²) < 4.78 is 0. The third kappa shape index (κ3) is 2.46. The topological polar surface area (TPSA) is 96.6 Å². The molecule has 0 fully saturated rings. The molecule has 0 radical (unpaired) electrons. The first kappa shape index (κ1) is 10.8. The van der Waals surface area contributed by atoms with Crippen molar-refractivity contribution in [1.29, 1.82) is 0 Å². The van der Waals surface area contributed by atoms with Gasteiger partial charge >= 0.3 is 0 Å². The number of amides is 1. The summed E-state index contributed by atoms with van der Waals surface area (Å²) >= 11 is 0. The van der Waals surface area contributed by atoms with E-state index in [4.69, 9.17) is 0 Å². The predicted octanol–water partition coefficient (Wildman–Crippen LogP) is 1.01. The van der Waals surface area contributed by atoms with Crippen LogP contribution in [0, 0.1) is 10.1 Å². The largest absolute Gasteiger partial charge is 0.361 e. The lowest BCUT2D eigenvalue weighted by molar-refractivity contribution is -0.384. The third-order valence-corrected chi connectivity index (χ3v) is 2.10. The van der Waals surface area contributed by atoms with Gasteiger partial charge in [0.25, 0.3) is 11.6 Å². The molecule has 0 aromatic heterocycles. The van der Waals surface area contributed by atoms with Crippen molar-refractivity contribution < 1.29 is 9.72 Å². The molecule has 0 saturated heterocycles. The molecule has 1 aromatic carbocycles. The zero-order valence-corrected chi connectivity index (χ0v) is 8.58. The van der Waals surface area contributed by atoms with Gasteiger partial charge < -0.3 is 5.32 Å². The first-order chi connectivity index (χ1) is 8.16. The van der Waals surface area contributed by atoms with Crippen molar-refractivity contribution in [2.45, 2.75) is 0 Å². The zero-order valence-electron chi connectivity index (χ0n) is 8.58. The number of benzene rings is 1. The number of nitrogens with zero attached hydrogens (tertiary/aromatic N) is 2. The van der Waals surface area contributed by atoms with Gasteiger partial charge in [-0.3, -0.25) is 14.9 Å². The van der Waals surface area contributed by atoms with E-state index < -0.39 is 4.92 Å². The van der Waals surface area contributed by atoms with Crippen molar-refractivity contribution in [3.63, 3.8) is 0 Å². The Morgan fingerprint density at radius 3 is 2.59 bits per heavy atom. The lowest BCUT2D eigenvalue weighted by atomic mass is 10.2. The van der Waals surface area contributed by atoms with E-state index in [0.717, 1.165) is 0 Å². The number of rotatable bonds is 3. The fourth-order valence-corrected chi connectivity index (χ4v) is 1.23. The number of non-ortho nitro benzene ring substituents is 1. The molecule has 0 aliphatic carbocycles. The number of hydrogen-bond donors (Lipinski definition) is 2. The Morgan fingerprint density at radius 2 is 2.06 bits per heavy atom. The second kappa shape index (κ2) is 4.44. The maximum absolute atomic E-state index is 11.1. The number of nitrogens with one attached hydrogen (secondary N) is 2. The Bertz CT molecular complexity index is 519. The second-order valence-electron chi connectivity index (χ2n) is 3.25. The summed E-state index contributed by atoms with van der Waals surface area (Å²) in [6.07, 6.45) is 2.87. The van der Waals surface area contributed by atoms with Crippen LogP contribution in [0.1, 0.15) is 0 Å². The predicted molar refractivity (Wildman–Crippen MR) is 61.4 cm³/mol. The van der Waals surface area contributed by atoms with Crippen molar-refractivity contribution >= 4 is 23.5 Å². The van der Waals surface area contributed by atoms with Crippen LogP contribution >= 0.6 is 0 Å². The summed E-state index contributed by atoms with van der Waals surface area (Å²) in [5.74, 6) is -0.292. The van der Waals surface area contributed by atoms with Crippen molar-refractivity contribution in [1.82, 2.24) is 5.43 Å². The number of hydrazone groups is 1. The zero-order chi connectivity index (χ0) is 12.3. The van der Waals surface area contributed by atoms with Crippen LogP contribution in [-0.2, 0) is 4.79 Å². The Balaban J connectivity index is 2.07. The summed E-state index contributed by atoms with van der Waals surface area (Å²) in [6, 6.07) is 5.87. The number of anilines is 1. The van der Waals surface area contributed by atoms with Crippen LogP contribution in [0.15, 0.2) is 41.1 Å². The molecule has 0 spiro atoms. The van der Waals surface area contributed by atoms with Crippen molar-refractivity contribution in [3.05, 3.63) is 46.2 Å². The number of hydrogen-bond acceptors (Lipinski definition) is 5. The molecule has 2 rings (SSSR count). The molecular weight excluding hydrogens is 224 g/mol. The van der Waals surface area contributed by atoms with Crippen LogP contribution in [0.5, 0.6) is 0 Å². The first-order valence-electron chi connectivity index (χ1n) is 4.71. The van der Waals surface area contributed by atoms with E-state index in [-0.39, 0.29) is 11.6 Å². The Kier molecular flexibility index (Phi) is 2.82. The molecule has 1 aromatic rings. The van der Waals surface area contributed by atoms with Crippen molar-refractivity contribution in [2.75, 3.05) is 5.32 Å².